The Bertz CT molecular complexity index is 638. The van der Waals surface area contributed by atoms with Crippen LogP contribution in [0.2, 0.25) is 0 Å². The van der Waals surface area contributed by atoms with Gasteiger partial charge < -0.3 is 15.4 Å². The molecule has 1 unspecified atom stereocenters. The van der Waals surface area contributed by atoms with Crippen LogP contribution in [0.15, 0.2) is 23.1 Å². The molecule has 3 N–H and O–H groups in total. The van der Waals surface area contributed by atoms with Crippen LogP contribution in [0.25, 0.3) is 0 Å². The SMILES string of the molecule is CNC(C)CNC(=O)c1cc(S(=O)(=O)NCCOC)ccc1C.Cl. The Morgan fingerprint density at radius 1 is 1.33 bits per heavy atom. The Morgan fingerprint density at radius 2 is 2.00 bits per heavy atom. The second-order valence-electron chi connectivity index (χ2n) is 5.27. The maximum atomic E-state index is 12.3. The van der Waals surface area contributed by atoms with Crippen LogP contribution >= 0.6 is 12.4 Å². The molecular weight excluding hydrogens is 354 g/mol. The summed E-state index contributed by atoms with van der Waals surface area (Å²) in [6, 6.07) is 4.63. The molecule has 1 atom stereocenters. The second-order valence-corrected chi connectivity index (χ2v) is 7.03. The number of methoxy groups -OCH3 is 1. The van der Waals surface area contributed by atoms with E-state index in [0.717, 1.165) is 5.56 Å². The number of halogens is 1. The fourth-order valence-electron chi connectivity index (χ4n) is 1.82. The molecular formula is C15H26ClN3O4S. The molecule has 0 aliphatic rings. The predicted molar refractivity (Wildman–Crippen MR) is 96.3 cm³/mol. The predicted octanol–water partition coefficient (Wildman–Crippen LogP) is 0.679. The standard InChI is InChI=1S/C15H25N3O4S.ClH/c1-11-5-6-13(23(20,21)18-7-8-22-4)9-14(11)15(19)17-10-12(2)16-3;/h5-6,9,12,16,18H,7-8,10H2,1-4H3,(H,17,19);1H. The van der Waals surface area contributed by atoms with Gasteiger partial charge in [-0.25, -0.2) is 13.1 Å². The molecule has 0 aromatic heterocycles. The molecule has 0 saturated heterocycles. The summed E-state index contributed by atoms with van der Waals surface area (Å²) in [5.74, 6) is -0.293. The average Bonchev–Trinajstić information content (AvgIpc) is 2.52. The minimum Gasteiger partial charge on any atom is -0.383 e. The lowest BCUT2D eigenvalue weighted by atomic mass is 10.1. The molecule has 0 spiro atoms. The number of sulfonamides is 1. The van der Waals surface area contributed by atoms with E-state index in [9.17, 15) is 13.2 Å². The van der Waals surface area contributed by atoms with E-state index in [1.54, 1.807) is 20.0 Å². The van der Waals surface area contributed by atoms with Crippen molar-refractivity contribution >= 4 is 28.3 Å². The maximum absolute atomic E-state index is 12.3. The summed E-state index contributed by atoms with van der Waals surface area (Å²) in [6.07, 6.45) is 0. The number of likely N-dealkylation sites (N-methyl/N-ethyl adjacent to an activating group) is 1. The molecule has 1 aromatic rings. The van der Waals surface area contributed by atoms with Gasteiger partial charge in [-0.1, -0.05) is 6.07 Å². The number of amides is 1. The smallest absolute Gasteiger partial charge is 0.251 e. The fourth-order valence-corrected chi connectivity index (χ4v) is 2.86. The summed E-state index contributed by atoms with van der Waals surface area (Å²) < 4.78 is 31.6. The van der Waals surface area contributed by atoms with Gasteiger partial charge in [0, 0.05) is 31.8 Å². The minimum atomic E-state index is -3.66. The first kappa shape index (κ1) is 22.8. The van der Waals surface area contributed by atoms with Crippen molar-refractivity contribution in [1.82, 2.24) is 15.4 Å². The Hall–Kier alpha value is -1.19. The van der Waals surface area contributed by atoms with Crippen molar-refractivity contribution in [2.75, 3.05) is 33.9 Å². The summed E-state index contributed by atoms with van der Waals surface area (Å²) in [7, 11) is -0.362. The first-order valence-electron chi connectivity index (χ1n) is 7.36. The highest BCUT2D eigenvalue weighted by Gasteiger charge is 2.17. The minimum absolute atomic E-state index is 0. The summed E-state index contributed by atoms with van der Waals surface area (Å²) in [4.78, 5) is 12.3. The largest absolute Gasteiger partial charge is 0.383 e. The van der Waals surface area contributed by atoms with E-state index >= 15 is 0 Å². The molecule has 0 aliphatic heterocycles. The molecule has 9 heteroatoms. The van der Waals surface area contributed by atoms with Crippen LogP contribution in [0, 0.1) is 6.92 Å². The first-order valence-corrected chi connectivity index (χ1v) is 8.85. The number of rotatable bonds is 9. The summed E-state index contributed by atoms with van der Waals surface area (Å²) in [6.45, 7) is 4.62. The lowest BCUT2D eigenvalue weighted by molar-refractivity contribution is 0.0949. The zero-order valence-electron chi connectivity index (χ0n) is 14.4. The molecule has 1 aromatic carbocycles. The van der Waals surface area contributed by atoms with Crippen molar-refractivity contribution in [3.8, 4) is 0 Å². The Kier molecular flexibility index (Phi) is 10.1. The molecule has 0 aliphatic carbocycles. The average molecular weight is 380 g/mol. The van der Waals surface area contributed by atoms with Crippen LogP contribution in [0.3, 0.4) is 0 Å². The Labute approximate surface area is 150 Å². The fraction of sp³-hybridized carbons (Fsp3) is 0.533. The number of aryl methyl sites for hydroxylation is 1. The molecule has 1 rings (SSSR count). The van der Waals surface area contributed by atoms with E-state index in [-0.39, 0.29) is 42.4 Å². The van der Waals surface area contributed by atoms with Gasteiger partial charge in [-0.05, 0) is 38.6 Å². The van der Waals surface area contributed by atoms with E-state index in [0.29, 0.717) is 12.1 Å². The van der Waals surface area contributed by atoms with Gasteiger partial charge in [-0.15, -0.1) is 12.4 Å². The van der Waals surface area contributed by atoms with Crippen LogP contribution < -0.4 is 15.4 Å². The molecule has 0 heterocycles. The highest BCUT2D eigenvalue weighted by molar-refractivity contribution is 7.89. The normalized spacial score (nSPS) is 12.3. The molecule has 7 nitrogen and oxygen atoms in total. The number of carbonyl (C=O) groups excluding carboxylic acids is 1. The summed E-state index contributed by atoms with van der Waals surface area (Å²) >= 11 is 0. The van der Waals surface area contributed by atoms with E-state index in [1.807, 2.05) is 6.92 Å². The molecule has 0 bridgehead atoms. The van der Waals surface area contributed by atoms with E-state index in [2.05, 4.69) is 15.4 Å². The topological polar surface area (TPSA) is 96.5 Å². The van der Waals surface area contributed by atoms with Gasteiger partial charge in [0.2, 0.25) is 10.0 Å². The van der Waals surface area contributed by atoms with Crippen molar-refractivity contribution in [2.45, 2.75) is 24.8 Å². The van der Waals surface area contributed by atoms with Crippen LogP contribution in [-0.2, 0) is 14.8 Å². The van der Waals surface area contributed by atoms with Crippen LogP contribution in [0.4, 0.5) is 0 Å². The van der Waals surface area contributed by atoms with Crippen molar-refractivity contribution in [1.29, 1.82) is 0 Å². The van der Waals surface area contributed by atoms with Crippen LogP contribution in [-0.4, -0.2) is 54.2 Å². The summed E-state index contributed by atoms with van der Waals surface area (Å²) in [5.41, 5.74) is 1.07. The monoisotopic (exact) mass is 379 g/mol. The third-order valence-electron chi connectivity index (χ3n) is 3.42. The summed E-state index contributed by atoms with van der Waals surface area (Å²) in [5, 5.41) is 5.80. The zero-order chi connectivity index (χ0) is 17.5. The molecule has 1 amide bonds. The van der Waals surface area contributed by atoms with Gasteiger partial charge in [-0.3, -0.25) is 4.79 Å². The third-order valence-corrected chi connectivity index (χ3v) is 4.88. The van der Waals surface area contributed by atoms with Gasteiger partial charge in [0.15, 0.2) is 0 Å². The molecule has 138 valence electrons. The third kappa shape index (κ3) is 6.74. The van der Waals surface area contributed by atoms with E-state index in [4.69, 9.17) is 4.74 Å². The van der Waals surface area contributed by atoms with Gasteiger partial charge in [0.05, 0.1) is 11.5 Å². The molecule has 24 heavy (non-hydrogen) atoms. The lowest BCUT2D eigenvalue weighted by Gasteiger charge is -2.13. The highest BCUT2D eigenvalue weighted by Crippen LogP contribution is 2.15. The quantitative estimate of drug-likeness (QED) is 0.548. The van der Waals surface area contributed by atoms with Gasteiger partial charge in [0.1, 0.15) is 0 Å². The Balaban J connectivity index is 0.00000529. The first-order chi connectivity index (χ1) is 10.8. The van der Waals surface area contributed by atoms with Gasteiger partial charge in [0.25, 0.3) is 5.91 Å². The number of ether oxygens (including phenoxy) is 1. The molecule has 0 fully saturated rings. The molecule has 0 saturated carbocycles. The second kappa shape index (κ2) is 10.6. The number of benzene rings is 1. The van der Waals surface area contributed by atoms with Crippen molar-refractivity contribution in [3.63, 3.8) is 0 Å². The molecule has 0 radical (unpaired) electrons. The zero-order valence-corrected chi connectivity index (χ0v) is 16.0. The Morgan fingerprint density at radius 3 is 2.58 bits per heavy atom. The van der Waals surface area contributed by atoms with Crippen molar-refractivity contribution in [3.05, 3.63) is 29.3 Å². The van der Waals surface area contributed by atoms with Gasteiger partial charge in [-0.2, -0.15) is 0 Å². The van der Waals surface area contributed by atoms with Crippen LogP contribution in [0.1, 0.15) is 22.8 Å². The van der Waals surface area contributed by atoms with Crippen molar-refractivity contribution in [2.24, 2.45) is 0 Å². The number of carbonyl (C=O) groups is 1. The van der Waals surface area contributed by atoms with Gasteiger partial charge >= 0.3 is 0 Å². The van der Waals surface area contributed by atoms with E-state index in [1.165, 1.54) is 19.2 Å². The van der Waals surface area contributed by atoms with E-state index < -0.39 is 10.0 Å². The highest BCUT2D eigenvalue weighted by atomic mass is 35.5. The lowest BCUT2D eigenvalue weighted by Crippen LogP contribution is -2.37. The maximum Gasteiger partial charge on any atom is 0.251 e. The number of nitrogens with one attached hydrogen (secondary N) is 3. The number of hydrogen-bond donors (Lipinski definition) is 3. The number of hydrogen-bond acceptors (Lipinski definition) is 5. The van der Waals surface area contributed by atoms with Crippen molar-refractivity contribution < 1.29 is 17.9 Å². The van der Waals surface area contributed by atoms with Crippen LogP contribution in [0.5, 0.6) is 0 Å².